The van der Waals surface area contributed by atoms with E-state index in [0.717, 1.165) is 36.4 Å². The minimum atomic E-state index is -0.0958. The van der Waals surface area contributed by atoms with Gasteiger partial charge in [-0.15, -0.1) is 0 Å². The fraction of sp³-hybridized carbons (Fsp3) is 0.417. The molecule has 0 saturated carbocycles. The van der Waals surface area contributed by atoms with E-state index in [9.17, 15) is 4.79 Å². The van der Waals surface area contributed by atoms with Crippen molar-refractivity contribution in [1.82, 2.24) is 0 Å². The lowest BCUT2D eigenvalue weighted by Gasteiger charge is -2.20. The number of hydrogen-bond donors (Lipinski definition) is 1. The summed E-state index contributed by atoms with van der Waals surface area (Å²) in [6, 6.07) is 5.80. The van der Waals surface area contributed by atoms with Gasteiger partial charge < -0.3 is 14.8 Å². The molecule has 0 aromatic heterocycles. The summed E-state index contributed by atoms with van der Waals surface area (Å²) in [6.45, 7) is 0.838. The van der Waals surface area contributed by atoms with E-state index in [4.69, 9.17) is 9.47 Å². The zero-order valence-electron chi connectivity index (χ0n) is 9.29. The highest BCUT2D eigenvalue weighted by Crippen LogP contribution is 2.32. The Morgan fingerprint density at radius 1 is 1.50 bits per heavy atom. The van der Waals surface area contributed by atoms with E-state index in [2.05, 4.69) is 5.32 Å². The van der Waals surface area contributed by atoms with E-state index in [1.807, 2.05) is 18.2 Å². The van der Waals surface area contributed by atoms with Gasteiger partial charge in [-0.25, -0.2) is 0 Å². The highest BCUT2D eigenvalue weighted by Gasteiger charge is 2.18. The van der Waals surface area contributed by atoms with Gasteiger partial charge >= 0.3 is 0 Å². The Labute approximate surface area is 94.6 Å². The summed E-state index contributed by atoms with van der Waals surface area (Å²) in [5.41, 5.74) is 1.89. The first-order valence-electron chi connectivity index (χ1n) is 5.34. The summed E-state index contributed by atoms with van der Waals surface area (Å²) in [5.74, 6) is 0.708. The molecule has 1 aliphatic heterocycles. The van der Waals surface area contributed by atoms with E-state index in [-0.39, 0.29) is 12.5 Å². The van der Waals surface area contributed by atoms with Gasteiger partial charge in [0, 0.05) is 13.7 Å². The Balaban J connectivity index is 2.13. The smallest absolute Gasteiger partial charge is 0.262 e. The Morgan fingerprint density at radius 3 is 3.19 bits per heavy atom. The third-order valence-electron chi connectivity index (χ3n) is 2.51. The van der Waals surface area contributed by atoms with Crippen LogP contribution in [0.4, 0.5) is 5.69 Å². The van der Waals surface area contributed by atoms with Gasteiger partial charge in [0.2, 0.25) is 0 Å². The molecule has 4 heteroatoms. The molecule has 0 aliphatic carbocycles. The molecule has 1 N–H and O–H groups in total. The van der Waals surface area contributed by atoms with Crippen LogP contribution < -0.4 is 10.1 Å². The highest BCUT2D eigenvalue weighted by atomic mass is 16.5. The number of carbonyl (C=O) groups excluding carboxylic acids is 1. The number of aryl methyl sites for hydroxylation is 1. The third-order valence-corrected chi connectivity index (χ3v) is 2.51. The predicted octanol–water partition coefficient (Wildman–Crippen LogP) is 1.60. The third kappa shape index (κ3) is 2.33. The lowest BCUT2D eigenvalue weighted by Crippen LogP contribution is -2.26. The molecule has 1 heterocycles. The number of ether oxygens (including phenoxy) is 2. The number of amides is 1. The van der Waals surface area contributed by atoms with E-state index in [1.54, 1.807) is 7.11 Å². The quantitative estimate of drug-likeness (QED) is 0.785. The molecule has 0 unspecified atom stereocenters. The highest BCUT2D eigenvalue weighted by molar-refractivity contribution is 5.95. The van der Waals surface area contributed by atoms with Gasteiger partial charge in [0.15, 0.2) is 6.61 Å². The monoisotopic (exact) mass is 221 g/mol. The van der Waals surface area contributed by atoms with Gasteiger partial charge in [-0.2, -0.15) is 0 Å². The molecule has 86 valence electrons. The van der Waals surface area contributed by atoms with Crippen LogP contribution in [0.1, 0.15) is 12.0 Å². The summed E-state index contributed by atoms with van der Waals surface area (Å²) < 4.78 is 10.5. The van der Waals surface area contributed by atoms with Crippen molar-refractivity contribution in [3.63, 3.8) is 0 Å². The first kappa shape index (κ1) is 11.0. The molecule has 2 rings (SSSR count). The number of benzene rings is 1. The lowest BCUT2D eigenvalue weighted by atomic mass is 10.1. The summed E-state index contributed by atoms with van der Waals surface area (Å²) in [7, 11) is 1.69. The van der Waals surface area contributed by atoms with Crippen LogP contribution in [0, 0.1) is 0 Å². The second-order valence-corrected chi connectivity index (χ2v) is 3.73. The molecule has 0 atom stereocenters. The van der Waals surface area contributed by atoms with Crippen LogP contribution in [-0.2, 0) is 16.0 Å². The van der Waals surface area contributed by atoms with Crippen molar-refractivity contribution in [2.45, 2.75) is 12.8 Å². The fourth-order valence-corrected chi connectivity index (χ4v) is 1.78. The number of anilines is 1. The minimum absolute atomic E-state index is 0.0958. The van der Waals surface area contributed by atoms with Crippen molar-refractivity contribution in [2.24, 2.45) is 0 Å². The number of para-hydroxylation sites is 1. The summed E-state index contributed by atoms with van der Waals surface area (Å²) in [4.78, 5) is 11.1. The van der Waals surface area contributed by atoms with Gasteiger partial charge in [0.1, 0.15) is 5.75 Å². The molecule has 1 aromatic rings. The Hall–Kier alpha value is -1.55. The molecule has 1 aliphatic rings. The number of methoxy groups -OCH3 is 1. The van der Waals surface area contributed by atoms with Crippen molar-refractivity contribution in [2.75, 3.05) is 25.6 Å². The topological polar surface area (TPSA) is 47.6 Å². The first-order chi connectivity index (χ1) is 7.81. The van der Waals surface area contributed by atoms with Crippen LogP contribution in [0.3, 0.4) is 0 Å². The van der Waals surface area contributed by atoms with E-state index < -0.39 is 0 Å². The van der Waals surface area contributed by atoms with Crippen molar-refractivity contribution in [1.29, 1.82) is 0 Å². The van der Waals surface area contributed by atoms with Crippen LogP contribution in [0.25, 0.3) is 0 Å². The number of carbonyl (C=O) groups is 1. The Morgan fingerprint density at radius 2 is 2.38 bits per heavy atom. The SMILES string of the molecule is COCCCc1cccc2c1OCC(=O)N2. The van der Waals surface area contributed by atoms with Gasteiger partial charge in [-0.05, 0) is 24.5 Å². The van der Waals surface area contributed by atoms with E-state index in [0.29, 0.717) is 0 Å². The van der Waals surface area contributed by atoms with Crippen molar-refractivity contribution >= 4 is 11.6 Å². The number of fused-ring (bicyclic) bond motifs is 1. The maximum atomic E-state index is 11.1. The molecule has 0 saturated heterocycles. The minimum Gasteiger partial charge on any atom is -0.481 e. The number of hydrogen-bond acceptors (Lipinski definition) is 3. The average molecular weight is 221 g/mol. The molecule has 1 aromatic carbocycles. The normalized spacial score (nSPS) is 13.9. The summed E-state index contributed by atoms with van der Waals surface area (Å²) in [5, 5.41) is 2.80. The second-order valence-electron chi connectivity index (χ2n) is 3.73. The van der Waals surface area contributed by atoms with Gasteiger partial charge in [-0.3, -0.25) is 4.79 Å². The molecule has 16 heavy (non-hydrogen) atoms. The Bertz CT molecular complexity index is 390. The van der Waals surface area contributed by atoms with Gasteiger partial charge in [-0.1, -0.05) is 12.1 Å². The van der Waals surface area contributed by atoms with Crippen molar-refractivity contribution < 1.29 is 14.3 Å². The van der Waals surface area contributed by atoms with Crippen LogP contribution in [-0.4, -0.2) is 26.2 Å². The maximum Gasteiger partial charge on any atom is 0.262 e. The second kappa shape index (κ2) is 4.99. The molecule has 1 amide bonds. The zero-order valence-corrected chi connectivity index (χ0v) is 9.29. The molecule has 0 radical (unpaired) electrons. The maximum absolute atomic E-state index is 11.1. The van der Waals surface area contributed by atoms with Crippen LogP contribution >= 0.6 is 0 Å². The van der Waals surface area contributed by atoms with Gasteiger partial charge in [0.05, 0.1) is 5.69 Å². The molecule has 0 spiro atoms. The largest absolute Gasteiger partial charge is 0.481 e. The molecule has 4 nitrogen and oxygen atoms in total. The fourth-order valence-electron chi connectivity index (χ4n) is 1.78. The number of rotatable bonds is 4. The molecule has 0 bridgehead atoms. The lowest BCUT2D eigenvalue weighted by molar-refractivity contribution is -0.118. The van der Waals surface area contributed by atoms with Crippen molar-refractivity contribution in [3.05, 3.63) is 23.8 Å². The summed E-state index contributed by atoms with van der Waals surface area (Å²) in [6.07, 6.45) is 1.84. The van der Waals surface area contributed by atoms with E-state index in [1.165, 1.54) is 0 Å². The molecule has 0 fully saturated rings. The molecular formula is C12H15NO3. The standard InChI is InChI=1S/C12H15NO3/c1-15-7-3-5-9-4-2-6-10-12(9)16-8-11(14)13-10/h2,4,6H,3,5,7-8H2,1H3,(H,13,14). The first-order valence-corrected chi connectivity index (χ1v) is 5.34. The number of nitrogens with one attached hydrogen (secondary N) is 1. The molecular weight excluding hydrogens is 206 g/mol. The predicted molar refractivity (Wildman–Crippen MR) is 60.8 cm³/mol. The summed E-state index contributed by atoms with van der Waals surface area (Å²) >= 11 is 0. The van der Waals surface area contributed by atoms with Crippen LogP contribution in [0.2, 0.25) is 0 Å². The van der Waals surface area contributed by atoms with Crippen LogP contribution in [0.15, 0.2) is 18.2 Å². The van der Waals surface area contributed by atoms with Crippen LogP contribution in [0.5, 0.6) is 5.75 Å². The van der Waals surface area contributed by atoms with Gasteiger partial charge in [0.25, 0.3) is 5.91 Å². The van der Waals surface area contributed by atoms with E-state index >= 15 is 0 Å². The Kier molecular flexibility index (Phi) is 3.41. The zero-order chi connectivity index (χ0) is 11.4. The average Bonchev–Trinajstić information content (AvgIpc) is 2.29. The van der Waals surface area contributed by atoms with Crippen molar-refractivity contribution in [3.8, 4) is 5.75 Å².